The minimum absolute atomic E-state index is 0.0369. The van der Waals surface area contributed by atoms with Gasteiger partial charge in [-0.15, -0.1) is 11.8 Å². The van der Waals surface area contributed by atoms with Crippen LogP contribution < -0.4 is 11.0 Å². The lowest BCUT2D eigenvalue weighted by atomic mass is 9.97. The fourth-order valence-corrected chi connectivity index (χ4v) is 4.48. The lowest BCUT2D eigenvalue weighted by Crippen LogP contribution is -2.31. The van der Waals surface area contributed by atoms with Gasteiger partial charge in [0.15, 0.2) is 0 Å². The topological polar surface area (TPSA) is 104 Å². The molecular weight excluding hydrogens is 342 g/mol. The highest BCUT2D eigenvalue weighted by molar-refractivity contribution is 8.00. The monoisotopic (exact) mass is 369 g/mol. The Bertz CT molecular complexity index is 631. The zero-order chi connectivity index (χ0) is 18.4. The maximum Gasteiger partial charge on any atom is 0.350 e. The van der Waals surface area contributed by atoms with E-state index in [1.54, 1.807) is 12.3 Å². The summed E-state index contributed by atoms with van der Waals surface area (Å²) in [5.74, 6) is 0.0559. The molecular formula is C17H27N3O4S. The number of amides is 1. The van der Waals surface area contributed by atoms with Crippen molar-refractivity contribution in [2.24, 2.45) is 5.92 Å². The van der Waals surface area contributed by atoms with E-state index in [1.807, 2.05) is 13.8 Å². The van der Waals surface area contributed by atoms with Crippen LogP contribution in [0, 0.1) is 5.92 Å². The number of hydrogen-bond donors (Lipinski definition) is 3. The van der Waals surface area contributed by atoms with Crippen LogP contribution in [0.4, 0.5) is 5.82 Å². The number of thioether (sulfide) groups is 1. The molecule has 3 atom stereocenters. The summed E-state index contributed by atoms with van der Waals surface area (Å²) in [6, 6.07) is 1.58. The van der Waals surface area contributed by atoms with Crippen LogP contribution in [0.25, 0.3) is 0 Å². The van der Waals surface area contributed by atoms with Gasteiger partial charge in [-0.3, -0.25) is 9.36 Å². The maximum absolute atomic E-state index is 12.3. The number of rotatable bonds is 8. The Morgan fingerprint density at radius 2 is 2.12 bits per heavy atom. The minimum Gasteiger partial charge on any atom is -0.395 e. The molecule has 2 heterocycles. The maximum atomic E-state index is 12.3. The van der Waals surface area contributed by atoms with Gasteiger partial charge in [-0.1, -0.05) is 26.7 Å². The Morgan fingerprint density at radius 3 is 2.64 bits per heavy atom. The minimum atomic E-state index is -0.708. The molecule has 1 aromatic rings. The van der Waals surface area contributed by atoms with Crippen LogP contribution in [-0.2, 0) is 4.79 Å². The molecule has 2 rings (SSSR count). The van der Waals surface area contributed by atoms with Crippen LogP contribution in [0.3, 0.4) is 0 Å². The van der Waals surface area contributed by atoms with Crippen LogP contribution in [0.1, 0.15) is 51.3 Å². The van der Waals surface area contributed by atoms with Crippen molar-refractivity contribution < 1.29 is 15.0 Å². The summed E-state index contributed by atoms with van der Waals surface area (Å²) in [6.45, 7) is 4.05. The third-order valence-corrected chi connectivity index (χ3v) is 5.92. The summed E-state index contributed by atoms with van der Waals surface area (Å²) in [6.07, 6.45) is 4.74. The van der Waals surface area contributed by atoms with Gasteiger partial charge in [-0.25, -0.2) is 4.79 Å². The highest BCUT2D eigenvalue weighted by Crippen LogP contribution is 2.40. The predicted octanol–water partition coefficient (Wildman–Crippen LogP) is 1.76. The number of aliphatic hydroxyl groups excluding tert-OH is 2. The Balaban J connectivity index is 2.09. The van der Waals surface area contributed by atoms with E-state index in [0.717, 1.165) is 25.7 Å². The van der Waals surface area contributed by atoms with E-state index in [-0.39, 0.29) is 29.5 Å². The third kappa shape index (κ3) is 5.05. The SMILES string of the molecule is CCCC(CCC)C(=O)Nc1ccn(C2SC(CO)CC2O)c(=O)n1. The van der Waals surface area contributed by atoms with Gasteiger partial charge in [0.1, 0.15) is 11.2 Å². The molecule has 1 aliphatic rings. The molecule has 0 bridgehead atoms. The van der Waals surface area contributed by atoms with Crippen LogP contribution in [0.2, 0.25) is 0 Å². The molecule has 25 heavy (non-hydrogen) atoms. The van der Waals surface area contributed by atoms with Crippen molar-refractivity contribution in [2.45, 2.75) is 62.7 Å². The molecule has 0 aliphatic carbocycles. The fraction of sp³-hybridized carbons (Fsp3) is 0.706. The van der Waals surface area contributed by atoms with E-state index in [1.165, 1.54) is 16.3 Å². The van der Waals surface area contributed by atoms with E-state index < -0.39 is 17.2 Å². The molecule has 1 aliphatic heterocycles. The molecule has 3 N–H and O–H groups in total. The van der Waals surface area contributed by atoms with Gasteiger partial charge in [0.25, 0.3) is 0 Å². The molecule has 0 aromatic carbocycles. The first-order valence-electron chi connectivity index (χ1n) is 8.84. The molecule has 1 amide bonds. The summed E-state index contributed by atoms with van der Waals surface area (Å²) in [5.41, 5.74) is -0.518. The number of carbonyl (C=O) groups excluding carboxylic acids is 1. The fourth-order valence-electron chi connectivity index (χ4n) is 3.11. The van der Waals surface area contributed by atoms with Crippen molar-refractivity contribution >= 4 is 23.5 Å². The van der Waals surface area contributed by atoms with Crippen molar-refractivity contribution in [1.29, 1.82) is 0 Å². The van der Waals surface area contributed by atoms with Crippen LogP contribution in [-0.4, -0.2) is 43.6 Å². The molecule has 7 nitrogen and oxygen atoms in total. The van der Waals surface area contributed by atoms with Gasteiger partial charge in [0, 0.05) is 17.4 Å². The summed E-state index contributed by atoms with van der Waals surface area (Å²) in [4.78, 5) is 28.6. The number of anilines is 1. The van der Waals surface area contributed by atoms with E-state index in [9.17, 15) is 19.8 Å². The van der Waals surface area contributed by atoms with E-state index in [0.29, 0.717) is 6.42 Å². The Hall–Kier alpha value is -1.38. The highest BCUT2D eigenvalue weighted by Gasteiger charge is 2.35. The van der Waals surface area contributed by atoms with Gasteiger partial charge < -0.3 is 15.5 Å². The van der Waals surface area contributed by atoms with Crippen molar-refractivity contribution in [3.05, 3.63) is 22.7 Å². The van der Waals surface area contributed by atoms with Gasteiger partial charge in [0.05, 0.1) is 12.7 Å². The number of hydrogen-bond acceptors (Lipinski definition) is 6. The Morgan fingerprint density at radius 1 is 1.44 bits per heavy atom. The largest absolute Gasteiger partial charge is 0.395 e. The molecule has 8 heteroatoms. The molecule has 1 fully saturated rings. The average Bonchev–Trinajstić information content (AvgIpc) is 2.95. The number of carbonyl (C=O) groups is 1. The first-order chi connectivity index (χ1) is 12.0. The van der Waals surface area contributed by atoms with Crippen molar-refractivity contribution in [3.63, 3.8) is 0 Å². The van der Waals surface area contributed by atoms with E-state index in [2.05, 4.69) is 10.3 Å². The molecule has 0 radical (unpaired) electrons. The normalized spacial score (nSPS) is 23.2. The summed E-state index contributed by atoms with van der Waals surface area (Å²) in [5, 5.41) is 21.5. The zero-order valence-electron chi connectivity index (χ0n) is 14.7. The highest BCUT2D eigenvalue weighted by atomic mass is 32.2. The van der Waals surface area contributed by atoms with Crippen LogP contribution >= 0.6 is 11.8 Å². The molecule has 3 unspecified atom stereocenters. The lowest BCUT2D eigenvalue weighted by molar-refractivity contribution is -0.120. The number of aliphatic hydroxyl groups is 2. The van der Waals surface area contributed by atoms with Crippen LogP contribution in [0.5, 0.6) is 0 Å². The van der Waals surface area contributed by atoms with Gasteiger partial charge in [-0.2, -0.15) is 4.98 Å². The quantitative estimate of drug-likeness (QED) is 0.645. The Labute approximate surface area is 151 Å². The first-order valence-corrected chi connectivity index (χ1v) is 9.78. The van der Waals surface area contributed by atoms with Gasteiger partial charge in [0.2, 0.25) is 5.91 Å². The van der Waals surface area contributed by atoms with Crippen LogP contribution in [0.15, 0.2) is 17.1 Å². The van der Waals surface area contributed by atoms with Gasteiger partial charge in [-0.05, 0) is 25.3 Å². The number of aromatic nitrogens is 2. The summed E-state index contributed by atoms with van der Waals surface area (Å²) in [7, 11) is 0. The smallest absolute Gasteiger partial charge is 0.350 e. The number of nitrogens with one attached hydrogen (secondary N) is 1. The standard InChI is InChI=1S/C17H27N3O4S/c1-3-5-11(6-4-2)15(23)18-14-7-8-20(17(24)19-14)16-13(22)9-12(10-21)25-16/h7-8,11-13,16,21-22H,3-6,9-10H2,1-2H3,(H,18,19,23,24). The third-order valence-electron chi connectivity index (χ3n) is 4.37. The summed E-state index contributed by atoms with van der Waals surface area (Å²) < 4.78 is 1.36. The Kier molecular flexibility index (Phi) is 7.46. The predicted molar refractivity (Wildman–Crippen MR) is 98.6 cm³/mol. The van der Waals surface area contributed by atoms with E-state index in [4.69, 9.17) is 0 Å². The second-order valence-corrected chi connectivity index (χ2v) is 7.82. The van der Waals surface area contributed by atoms with E-state index >= 15 is 0 Å². The number of nitrogens with zero attached hydrogens (tertiary/aromatic N) is 2. The second-order valence-electron chi connectivity index (χ2n) is 6.40. The zero-order valence-corrected chi connectivity index (χ0v) is 15.5. The second kappa shape index (κ2) is 9.35. The lowest BCUT2D eigenvalue weighted by Gasteiger charge is -2.18. The molecule has 1 aromatic heterocycles. The van der Waals surface area contributed by atoms with Gasteiger partial charge >= 0.3 is 5.69 Å². The molecule has 1 saturated heterocycles. The molecule has 0 spiro atoms. The first kappa shape index (κ1) is 19.9. The average molecular weight is 369 g/mol. The van der Waals surface area contributed by atoms with Crippen molar-refractivity contribution in [2.75, 3.05) is 11.9 Å². The van der Waals surface area contributed by atoms with Crippen molar-refractivity contribution in [1.82, 2.24) is 9.55 Å². The molecule has 140 valence electrons. The van der Waals surface area contributed by atoms with Crippen molar-refractivity contribution in [3.8, 4) is 0 Å². The summed E-state index contributed by atoms with van der Waals surface area (Å²) >= 11 is 1.36. The molecule has 0 saturated carbocycles.